The zero-order chi connectivity index (χ0) is 17.6. The van der Waals surface area contributed by atoms with Crippen LogP contribution in [0.5, 0.6) is 0 Å². The van der Waals surface area contributed by atoms with Crippen LogP contribution in [-0.4, -0.2) is 44.8 Å². The third-order valence-electron chi connectivity index (χ3n) is 4.55. The number of sulfonamides is 1. The molecule has 3 N–H and O–H groups in total. The Morgan fingerprint density at radius 1 is 1.21 bits per heavy atom. The molecule has 0 saturated heterocycles. The van der Waals surface area contributed by atoms with Gasteiger partial charge in [0.05, 0.1) is 4.90 Å². The summed E-state index contributed by atoms with van der Waals surface area (Å²) in [6.45, 7) is 1.03. The number of carbonyl (C=O) groups excluding carboxylic acids is 1. The normalized spacial score (nSPS) is 16.3. The van der Waals surface area contributed by atoms with Crippen LogP contribution in [0.1, 0.15) is 48.9 Å². The smallest absolute Gasteiger partial charge is 0.251 e. The molecule has 1 aliphatic carbocycles. The molecule has 1 saturated carbocycles. The molecule has 0 heterocycles. The second-order valence-electron chi connectivity index (χ2n) is 6.24. The lowest BCUT2D eigenvalue weighted by atomic mass is 9.96. The van der Waals surface area contributed by atoms with E-state index in [0.29, 0.717) is 25.1 Å². The Balaban J connectivity index is 2.06. The highest BCUT2D eigenvalue weighted by atomic mass is 32.2. The summed E-state index contributed by atoms with van der Waals surface area (Å²) in [6, 6.07) is 6.19. The third-order valence-corrected chi connectivity index (χ3v) is 6.47. The van der Waals surface area contributed by atoms with E-state index < -0.39 is 10.0 Å². The molecule has 1 aliphatic rings. The number of amides is 1. The summed E-state index contributed by atoms with van der Waals surface area (Å²) in [7, 11) is -1.87. The van der Waals surface area contributed by atoms with E-state index in [4.69, 9.17) is 5.73 Å². The van der Waals surface area contributed by atoms with Gasteiger partial charge in [-0.05, 0) is 50.1 Å². The average molecular weight is 353 g/mol. The first-order valence-corrected chi connectivity index (χ1v) is 9.97. The minimum Gasteiger partial charge on any atom is -0.352 e. The van der Waals surface area contributed by atoms with Gasteiger partial charge >= 0.3 is 0 Å². The van der Waals surface area contributed by atoms with Gasteiger partial charge in [-0.25, -0.2) is 8.42 Å². The van der Waals surface area contributed by atoms with Gasteiger partial charge in [0, 0.05) is 25.2 Å². The summed E-state index contributed by atoms with van der Waals surface area (Å²) in [5, 5.41) is 2.75. The lowest BCUT2D eigenvalue weighted by molar-refractivity contribution is 0.0953. The van der Waals surface area contributed by atoms with Gasteiger partial charge in [-0.15, -0.1) is 0 Å². The predicted molar refractivity (Wildman–Crippen MR) is 94.3 cm³/mol. The van der Waals surface area contributed by atoms with E-state index in [2.05, 4.69) is 5.32 Å². The molecule has 0 spiro atoms. The number of rotatable bonds is 7. The number of nitrogens with one attached hydrogen (secondary N) is 1. The van der Waals surface area contributed by atoms with Gasteiger partial charge in [0.2, 0.25) is 10.0 Å². The van der Waals surface area contributed by atoms with E-state index in [9.17, 15) is 13.2 Å². The SMILES string of the molecule is CN(C1CCCCC1)S(=O)(=O)c1ccc(C(=O)NCCCN)cc1. The second-order valence-corrected chi connectivity index (χ2v) is 8.23. The third kappa shape index (κ3) is 4.55. The monoisotopic (exact) mass is 353 g/mol. The van der Waals surface area contributed by atoms with E-state index >= 15 is 0 Å². The maximum Gasteiger partial charge on any atom is 0.251 e. The van der Waals surface area contributed by atoms with E-state index in [1.807, 2.05) is 0 Å². The van der Waals surface area contributed by atoms with Crippen molar-refractivity contribution < 1.29 is 13.2 Å². The van der Waals surface area contributed by atoms with Crippen molar-refractivity contribution >= 4 is 15.9 Å². The van der Waals surface area contributed by atoms with Crippen molar-refractivity contribution in [3.8, 4) is 0 Å². The number of carbonyl (C=O) groups is 1. The molecule has 0 radical (unpaired) electrons. The Hall–Kier alpha value is -1.44. The maximum absolute atomic E-state index is 12.7. The van der Waals surface area contributed by atoms with Crippen LogP contribution in [0.25, 0.3) is 0 Å². The Morgan fingerprint density at radius 3 is 2.42 bits per heavy atom. The van der Waals surface area contributed by atoms with Gasteiger partial charge in [0.25, 0.3) is 5.91 Å². The van der Waals surface area contributed by atoms with Crippen LogP contribution in [0, 0.1) is 0 Å². The minimum absolute atomic E-state index is 0.0722. The Bertz CT molecular complexity index is 638. The first-order valence-electron chi connectivity index (χ1n) is 8.53. The number of benzene rings is 1. The molecule has 24 heavy (non-hydrogen) atoms. The van der Waals surface area contributed by atoms with Crippen LogP contribution in [-0.2, 0) is 10.0 Å². The summed E-state index contributed by atoms with van der Waals surface area (Å²) in [4.78, 5) is 12.2. The molecule has 1 aromatic rings. The molecule has 1 amide bonds. The van der Waals surface area contributed by atoms with Crippen LogP contribution in [0.4, 0.5) is 0 Å². The van der Waals surface area contributed by atoms with Gasteiger partial charge in [0.1, 0.15) is 0 Å². The first-order chi connectivity index (χ1) is 11.5. The van der Waals surface area contributed by atoms with E-state index in [1.54, 1.807) is 19.2 Å². The lowest BCUT2D eigenvalue weighted by Gasteiger charge is -2.30. The zero-order valence-electron chi connectivity index (χ0n) is 14.2. The van der Waals surface area contributed by atoms with Crippen molar-refractivity contribution in [2.75, 3.05) is 20.1 Å². The summed E-state index contributed by atoms with van der Waals surface area (Å²) >= 11 is 0. The van der Waals surface area contributed by atoms with Gasteiger partial charge in [-0.1, -0.05) is 19.3 Å². The lowest BCUT2D eigenvalue weighted by Crippen LogP contribution is -2.38. The van der Waals surface area contributed by atoms with Crippen molar-refractivity contribution in [3.63, 3.8) is 0 Å². The van der Waals surface area contributed by atoms with Crippen molar-refractivity contribution in [2.45, 2.75) is 49.5 Å². The Kier molecular flexibility index (Phi) is 6.77. The van der Waals surface area contributed by atoms with Crippen LogP contribution in [0.3, 0.4) is 0 Å². The average Bonchev–Trinajstić information content (AvgIpc) is 2.62. The predicted octanol–water partition coefficient (Wildman–Crippen LogP) is 1.72. The van der Waals surface area contributed by atoms with Gasteiger partial charge in [-0.3, -0.25) is 4.79 Å². The van der Waals surface area contributed by atoms with Crippen LogP contribution < -0.4 is 11.1 Å². The van der Waals surface area contributed by atoms with Crippen molar-refractivity contribution in [3.05, 3.63) is 29.8 Å². The number of hydrogen-bond donors (Lipinski definition) is 2. The molecule has 0 atom stereocenters. The van der Waals surface area contributed by atoms with Gasteiger partial charge in [0.15, 0.2) is 0 Å². The Morgan fingerprint density at radius 2 is 1.83 bits per heavy atom. The molecule has 0 aromatic heterocycles. The fourth-order valence-electron chi connectivity index (χ4n) is 2.99. The van der Waals surface area contributed by atoms with E-state index in [1.165, 1.54) is 22.9 Å². The van der Waals surface area contributed by atoms with E-state index in [0.717, 1.165) is 25.7 Å². The van der Waals surface area contributed by atoms with Gasteiger partial charge < -0.3 is 11.1 Å². The highest BCUT2D eigenvalue weighted by Gasteiger charge is 2.29. The maximum atomic E-state index is 12.7. The van der Waals surface area contributed by atoms with Crippen LogP contribution >= 0.6 is 0 Å². The summed E-state index contributed by atoms with van der Waals surface area (Å²) in [5.74, 6) is -0.215. The molecule has 6 nitrogen and oxygen atoms in total. The molecule has 134 valence electrons. The standard InChI is InChI=1S/C17H27N3O3S/c1-20(15-6-3-2-4-7-15)24(22,23)16-10-8-14(9-11-16)17(21)19-13-5-12-18/h8-11,15H,2-7,12-13,18H2,1H3,(H,19,21). The molecule has 2 rings (SSSR count). The molecule has 0 aliphatic heterocycles. The largest absolute Gasteiger partial charge is 0.352 e. The molecule has 7 heteroatoms. The zero-order valence-corrected chi connectivity index (χ0v) is 15.0. The molecular formula is C17H27N3O3S. The van der Waals surface area contributed by atoms with E-state index in [-0.39, 0.29) is 16.8 Å². The van der Waals surface area contributed by atoms with Crippen LogP contribution in [0.15, 0.2) is 29.2 Å². The quantitative estimate of drug-likeness (QED) is 0.730. The molecule has 1 aromatic carbocycles. The first kappa shape index (κ1) is 18.9. The molecule has 0 bridgehead atoms. The highest BCUT2D eigenvalue weighted by molar-refractivity contribution is 7.89. The molecular weight excluding hydrogens is 326 g/mol. The van der Waals surface area contributed by atoms with Crippen molar-refractivity contribution in [1.82, 2.24) is 9.62 Å². The summed E-state index contributed by atoms with van der Waals surface area (Å²) in [5.41, 5.74) is 5.84. The summed E-state index contributed by atoms with van der Waals surface area (Å²) < 4.78 is 27.0. The Labute approximate surface area is 144 Å². The van der Waals surface area contributed by atoms with Crippen LogP contribution in [0.2, 0.25) is 0 Å². The second kappa shape index (κ2) is 8.60. The molecule has 0 unspecified atom stereocenters. The number of hydrogen-bond acceptors (Lipinski definition) is 4. The minimum atomic E-state index is -3.52. The fourth-order valence-corrected chi connectivity index (χ4v) is 4.41. The van der Waals surface area contributed by atoms with Crippen molar-refractivity contribution in [1.29, 1.82) is 0 Å². The molecule has 1 fully saturated rings. The highest BCUT2D eigenvalue weighted by Crippen LogP contribution is 2.26. The summed E-state index contributed by atoms with van der Waals surface area (Å²) in [6.07, 6.45) is 5.87. The van der Waals surface area contributed by atoms with Gasteiger partial charge in [-0.2, -0.15) is 4.31 Å². The van der Waals surface area contributed by atoms with Crippen molar-refractivity contribution in [2.24, 2.45) is 5.73 Å². The number of nitrogens with zero attached hydrogens (tertiary/aromatic N) is 1. The number of nitrogens with two attached hydrogens (primary N) is 1. The fraction of sp³-hybridized carbons (Fsp3) is 0.588. The topological polar surface area (TPSA) is 92.5 Å².